The third kappa shape index (κ3) is 2.47. The number of nitrogens with zero attached hydrogens (tertiary/aromatic N) is 1. The summed E-state index contributed by atoms with van der Waals surface area (Å²) in [5.74, 6) is -0.852. The Morgan fingerprint density at radius 1 is 1.40 bits per heavy atom. The third-order valence-electron chi connectivity index (χ3n) is 3.56. The zero-order valence-electron chi connectivity index (χ0n) is 11.2. The van der Waals surface area contributed by atoms with Crippen molar-refractivity contribution in [2.24, 2.45) is 0 Å². The van der Waals surface area contributed by atoms with E-state index in [2.05, 4.69) is 17.2 Å². The second-order valence-electron chi connectivity index (χ2n) is 4.95. The minimum Gasteiger partial charge on any atom is -0.309 e. The Bertz CT molecular complexity index is 624. The van der Waals surface area contributed by atoms with Crippen LogP contribution in [-0.4, -0.2) is 11.5 Å². The molecule has 2 nitrogen and oxygen atoms in total. The Kier molecular flexibility index (Phi) is 3.81. The molecule has 1 atom stereocenters. The number of aromatic nitrogens is 1. The summed E-state index contributed by atoms with van der Waals surface area (Å²) >= 11 is 1.48. The number of benzene rings is 1. The minimum atomic E-state index is -0.433. The summed E-state index contributed by atoms with van der Waals surface area (Å²) in [6, 6.07) is 3.76. The Labute approximate surface area is 120 Å². The summed E-state index contributed by atoms with van der Waals surface area (Å²) < 4.78 is 27.2. The van der Waals surface area contributed by atoms with Crippen LogP contribution in [0.5, 0.6) is 0 Å². The number of rotatable bonds is 3. The van der Waals surface area contributed by atoms with Crippen LogP contribution < -0.4 is 5.32 Å². The summed E-state index contributed by atoms with van der Waals surface area (Å²) in [5, 5.41) is 3.99. The average molecular weight is 294 g/mol. The van der Waals surface area contributed by atoms with Gasteiger partial charge in [0.15, 0.2) is 0 Å². The number of aryl methyl sites for hydroxylation is 1. The highest BCUT2D eigenvalue weighted by Crippen LogP contribution is 2.37. The highest BCUT2D eigenvalue weighted by Gasteiger charge is 2.25. The van der Waals surface area contributed by atoms with Crippen LogP contribution >= 0.6 is 11.3 Å². The van der Waals surface area contributed by atoms with Gasteiger partial charge in [0.2, 0.25) is 0 Å². The molecule has 0 fully saturated rings. The zero-order valence-corrected chi connectivity index (χ0v) is 12.1. The van der Waals surface area contributed by atoms with E-state index in [0.29, 0.717) is 5.01 Å². The lowest BCUT2D eigenvalue weighted by Gasteiger charge is -2.21. The van der Waals surface area contributed by atoms with Gasteiger partial charge in [-0.05, 0) is 44.0 Å². The molecule has 1 aromatic heterocycles. The quantitative estimate of drug-likeness (QED) is 0.923. The maximum atomic E-state index is 13.8. The first-order valence-electron chi connectivity index (χ1n) is 6.87. The zero-order chi connectivity index (χ0) is 14.1. The smallest absolute Gasteiger partial charge is 0.133 e. The van der Waals surface area contributed by atoms with Crippen molar-refractivity contribution >= 4 is 11.3 Å². The normalized spacial score (nSPS) is 18.1. The molecule has 0 saturated carbocycles. The van der Waals surface area contributed by atoms with Gasteiger partial charge in [-0.25, -0.2) is 13.8 Å². The summed E-state index contributed by atoms with van der Waals surface area (Å²) in [5.41, 5.74) is 1.28. The van der Waals surface area contributed by atoms with E-state index in [0.717, 1.165) is 43.6 Å². The lowest BCUT2D eigenvalue weighted by atomic mass is 9.97. The van der Waals surface area contributed by atoms with Gasteiger partial charge in [0.1, 0.15) is 16.6 Å². The van der Waals surface area contributed by atoms with Crippen molar-refractivity contribution in [3.05, 3.63) is 40.4 Å². The van der Waals surface area contributed by atoms with E-state index in [-0.39, 0.29) is 11.6 Å². The molecule has 5 heteroatoms. The number of nitrogens with one attached hydrogen (secondary N) is 1. The summed E-state index contributed by atoms with van der Waals surface area (Å²) in [4.78, 5) is 5.77. The van der Waals surface area contributed by atoms with Crippen molar-refractivity contribution in [1.29, 1.82) is 0 Å². The summed E-state index contributed by atoms with van der Waals surface area (Å²) in [6.07, 6.45) is 3.14. The molecule has 2 aromatic rings. The summed E-state index contributed by atoms with van der Waals surface area (Å²) in [6.45, 7) is 2.94. The third-order valence-corrected chi connectivity index (χ3v) is 4.73. The standard InChI is InChI=1S/C15H16F2N2S/c1-2-18-12-4-3-5-13-14(12)19-15(20-13)10-8-9(16)6-7-11(10)17/h6-8,12,18H,2-5H2,1H3. The lowest BCUT2D eigenvalue weighted by molar-refractivity contribution is 0.465. The van der Waals surface area contributed by atoms with Gasteiger partial charge in [-0.15, -0.1) is 11.3 Å². The van der Waals surface area contributed by atoms with Gasteiger partial charge in [-0.1, -0.05) is 6.92 Å². The van der Waals surface area contributed by atoms with E-state index in [1.54, 1.807) is 0 Å². The van der Waals surface area contributed by atoms with Gasteiger partial charge in [0.25, 0.3) is 0 Å². The highest BCUT2D eigenvalue weighted by atomic mass is 32.1. The molecule has 1 N–H and O–H groups in total. The molecule has 0 saturated heterocycles. The predicted octanol–water partition coefficient (Wildman–Crippen LogP) is 4.08. The Morgan fingerprint density at radius 2 is 2.25 bits per heavy atom. The van der Waals surface area contributed by atoms with E-state index < -0.39 is 11.6 Å². The van der Waals surface area contributed by atoms with Crippen LogP contribution in [0.1, 0.15) is 36.4 Å². The molecule has 1 aliphatic rings. The lowest BCUT2D eigenvalue weighted by Crippen LogP contribution is -2.24. The van der Waals surface area contributed by atoms with E-state index in [9.17, 15) is 8.78 Å². The molecule has 1 aromatic carbocycles. The number of thiazole rings is 1. The van der Waals surface area contributed by atoms with Gasteiger partial charge in [0, 0.05) is 10.4 Å². The molecule has 1 unspecified atom stereocenters. The van der Waals surface area contributed by atoms with Crippen LogP contribution in [0.2, 0.25) is 0 Å². The van der Waals surface area contributed by atoms with E-state index in [1.165, 1.54) is 22.3 Å². The molecule has 106 valence electrons. The molecular weight excluding hydrogens is 278 g/mol. The largest absolute Gasteiger partial charge is 0.309 e. The SMILES string of the molecule is CCNC1CCCc2sc(-c3cc(F)ccc3F)nc21. The van der Waals surface area contributed by atoms with Crippen molar-refractivity contribution in [2.75, 3.05) is 6.54 Å². The minimum absolute atomic E-state index is 0.241. The molecule has 1 heterocycles. The Morgan fingerprint density at radius 3 is 3.05 bits per heavy atom. The average Bonchev–Trinajstić information content (AvgIpc) is 2.87. The first-order valence-corrected chi connectivity index (χ1v) is 7.69. The highest BCUT2D eigenvalue weighted by molar-refractivity contribution is 7.15. The monoisotopic (exact) mass is 294 g/mol. The predicted molar refractivity (Wildman–Crippen MR) is 76.8 cm³/mol. The summed E-state index contributed by atoms with van der Waals surface area (Å²) in [7, 11) is 0. The van der Waals surface area contributed by atoms with Crippen LogP contribution in [0.3, 0.4) is 0 Å². The van der Waals surface area contributed by atoms with Crippen LogP contribution in [0, 0.1) is 11.6 Å². The first kappa shape index (κ1) is 13.6. The van der Waals surface area contributed by atoms with Crippen LogP contribution in [0.4, 0.5) is 8.78 Å². The second-order valence-corrected chi connectivity index (χ2v) is 6.04. The van der Waals surface area contributed by atoms with Gasteiger partial charge < -0.3 is 5.32 Å². The van der Waals surface area contributed by atoms with Crippen LogP contribution in [-0.2, 0) is 6.42 Å². The maximum Gasteiger partial charge on any atom is 0.133 e. The Hall–Kier alpha value is -1.33. The van der Waals surface area contributed by atoms with E-state index >= 15 is 0 Å². The molecule has 0 bridgehead atoms. The fraction of sp³-hybridized carbons (Fsp3) is 0.400. The van der Waals surface area contributed by atoms with Crippen molar-refractivity contribution in [2.45, 2.75) is 32.2 Å². The van der Waals surface area contributed by atoms with Crippen molar-refractivity contribution in [1.82, 2.24) is 10.3 Å². The number of hydrogen-bond acceptors (Lipinski definition) is 3. The first-order chi connectivity index (χ1) is 9.69. The van der Waals surface area contributed by atoms with Crippen molar-refractivity contribution < 1.29 is 8.78 Å². The van der Waals surface area contributed by atoms with Gasteiger partial charge in [-0.3, -0.25) is 0 Å². The molecule has 0 spiro atoms. The molecule has 20 heavy (non-hydrogen) atoms. The second kappa shape index (κ2) is 5.58. The molecule has 0 amide bonds. The molecule has 0 radical (unpaired) electrons. The number of hydrogen-bond donors (Lipinski definition) is 1. The van der Waals surface area contributed by atoms with E-state index in [1.807, 2.05) is 0 Å². The van der Waals surface area contributed by atoms with Gasteiger partial charge >= 0.3 is 0 Å². The molecule has 0 aliphatic heterocycles. The Balaban J connectivity index is 2.02. The van der Waals surface area contributed by atoms with Gasteiger partial charge in [0.05, 0.1) is 11.7 Å². The molecule has 3 rings (SSSR count). The van der Waals surface area contributed by atoms with Crippen molar-refractivity contribution in [3.63, 3.8) is 0 Å². The number of halogens is 2. The van der Waals surface area contributed by atoms with Gasteiger partial charge in [-0.2, -0.15) is 0 Å². The fourth-order valence-corrected chi connectivity index (χ4v) is 3.82. The van der Waals surface area contributed by atoms with E-state index in [4.69, 9.17) is 0 Å². The maximum absolute atomic E-state index is 13.8. The van der Waals surface area contributed by atoms with Crippen molar-refractivity contribution in [3.8, 4) is 10.6 Å². The van der Waals surface area contributed by atoms with Crippen LogP contribution in [0.15, 0.2) is 18.2 Å². The fourth-order valence-electron chi connectivity index (χ4n) is 2.64. The topological polar surface area (TPSA) is 24.9 Å². The number of fused-ring (bicyclic) bond motifs is 1. The van der Waals surface area contributed by atoms with Crippen LogP contribution in [0.25, 0.3) is 10.6 Å². The molecular formula is C15H16F2N2S. The molecule has 1 aliphatic carbocycles.